The van der Waals surface area contributed by atoms with E-state index < -0.39 is 0 Å². The summed E-state index contributed by atoms with van der Waals surface area (Å²) >= 11 is 0. The maximum Gasteiger partial charge on any atom is 0.247 e. The molecule has 0 radical (unpaired) electrons. The molecule has 0 saturated carbocycles. The highest BCUT2D eigenvalue weighted by molar-refractivity contribution is 5.52. The molecular formula is C20H20N4O. The first-order valence-corrected chi connectivity index (χ1v) is 8.16. The van der Waals surface area contributed by atoms with Crippen LogP contribution in [0, 0.1) is 18.3 Å². The second kappa shape index (κ2) is 7.29. The van der Waals surface area contributed by atoms with Crippen LogP contribution in [0.2, 0.25) is 0 Å². The summed E-state index contributed by atoms with van der Waals surface area (Å²) in [4.78, 5) is 2.11. The molecule has 2 aromatic carbocycles. The van der Waals surface area contributed by atoms with Gasteiger partial charge in [0, 0.05) is 12.1 Å². The Bertz CT molecular complexity index is 893. The molecule has 1 aromatic heterocycles. The molecule has 1 unspecified atom stereocenters. The molecular weight excluding hydrogens is 312 g/mol. The summed E-state index contributed by atoms with van der Waals surface area (Å²) in [6.45, 7) is 4.76. The highest BCUT2D eigenvalue weighted by Gasteiger charge is 2.19. The second-order valence-electron chi connectivity index (χ2n) is 6.21. The van der Waals surface area contributed by atoms with E-state index in [-0.39, 0.29) is 6.04 Å². The van der Waals surface area contributed by atoms with Crippen molar-refractivity contribution < 1.29 is 4.42 Å². The van der Waals surface area contributed by atoms with Gasteiger partial charge in [-0.05, 0) is 50.7 Å². The van der Waals surface area contributed by atoms with E-state index in [0.717, 1.165) is 11.1 Å². The molecule has 0 saturated heterocycles. The average Bonchev–Trinajstić information content (AvgIpc) is 3.12. The van der Waals surface area contributed by atoms with Crippen molar-refractivity contribution in [3.8, 4) is 17.5 Å². The van der Waals surface area contributed by atoms with Gasteiger partial charge in [-0.25, -0.2) is 0 Å². The van der Waals surface area contributed by atoms with Crippen LogP contribution in [0.15, 0.2) is 52.9 Å². The first-order valence-electron chi connectivity index (χ1n) is 8.16. The maximum absolute atomic E-state index is 9.01. The van der Waals surface area contributed by atoms with Crippen LogP contribution >= 0.6 is 0 Å². The summed E-state index contributed by atoms with van der Waals surface area (Å²) in [5, 5.41) is 17.4. The standard InChI is InChI=1S/C20H20N4O/c1-14-7-9-18(10-8-14)20-23-22-19(25-20)15(2)24(3)13-17-6-4-5-16(11-17)12-21/h4-11,15H,13H2,1-3H3. The molecule has 0 aliphatic carbocycles. The predicted octanol–water partition coefficient (Wildman–Crippen LogP) is 4.11. The molecule has 0 N–H and O–H groups in total. The van der Waals surface area contributed by atoms with Crippen molar-refractivity contribution in [2.75, 3.05) is 7.05 Å². The molecule has 3 aromatic rings. The van der Waals surface area contributed by atoms with E-state index in [1.165, 1.54) is 5.56 Å². The minimum Gasteiger partial charge on any atom is -0.419 e. The van der Waals surface area contributed by atoms with E-state index in [0.29, 0.717) is 23.9 Å². The Morgan fingerprint density at radius 2 is 1.92 bits per heavy atom. The third-order valence-corrected chi connectivity index (χ3v) is 4.25. The van der Waals surface area contributed by atoms with Crippen LogP contribution < -0.4 is 0 Å². The largest absolute Gasteiger partial charge is 0.419 e. The van der Waals surface area contributed by atoms with Gasteiger partial charge in [-0.2, -0.15) is 5.26 Å². The SMILES string of the molecule is Cc1ccc(-c2nnc(C(C)N(C)Cc3cccc(C#N)c3)o2)cc1. The van der Waals surface area contributed by atoms with Gasteiger partial charge in [0.1, 0.15) is 0 Å². The number of hydrogen-bond donors (Lipinski definition) is 0. The van der Waals surface area contributed by atoms with E-state index in [2.05, 4.69) is 21.2 Å². The van der Waals surface area contributed by atoms with Gasteiger partial charge in [-0.15, -0.1) is 10.2 Å². The molecule has 0 amide bonds. The molecule has 5 nitrogen and oxygen atoms in total. The molecule has 0 fully saturated rings. The lowest BCUT2D eigenvalue weighted by Crippen LogP contribution is -2.22. The van der Waals surface area contributed by atoms with Crippen LogP contribution in [0.3, 0.4) is 0 Å². The van der Waals surface area contributed by atoms with Crippen molar-refractivity contribution in [3.63, 3.8) is 0 Å². The monoisotopic (exact) mass is 332 g/mol. The van der Waals surface area contributed by atoms with Gasteiger partial charge in [0.25, 0.3) is 0 Å². The fourth-order valence-electron chi connectivity index (χ4n) is 2.57. The molecule has 3 rings (SSSR count). The van der Waals surface area contributed by atoms with Gasteiger partial charge >= 0.3 is 0 Å². The third-order valence-electron chi connectivity index (χ3n) is 4.25. The van der Waals surface area contributed by atoms with Crippen LogP contribution in [-0.2, 0) is 6.54 Å². The Morgan fingerprint density at radius 1 is 1.16 bits per heavy atom. The quantitative estimate of drug-likeness (QED) is 0.703. The first kappa shape index (κ1) is 16.9. The molecule has 1 atom stereocenters. The Kier molecular flexibility index (Phi) is 4.92. The van der Waals surface area contributed by atoms with Crippen molar-refractivity contribution in [3.05, 3.63) is 71.1 Å². The van der Waals surface area contributed by atoms with Gasteiger partial charge in [0.2, 0.25) is 11.8 Å². The molecule has 1 heterocycles. The fourth-order valence-corrected chi connectivity index (χ4v) is 2.57. The molecule has 0 aliphatic rings. The van der Waals surface area contributed by atoms with Crippen molar-refractivity contribution in [1.82, 2.24) is 15.1 Å². The topological polar surface area (TPSA) is 66.0 Å². The lowest BCUT2D eigenvalue weighted by molar-refractivity contribution is 0.218. The number of benzene rings is 2. The van der Waals surface area contributed by atoms with Gasteiger partial charge in [-0.3, -0.25) is 4.90 Å². The number of nitrogens with zero attached hydrogens (tertiary/aromatic N) is 4. The fraction of sp³-hybridized carbons (Fsp3) is 0.250. The Morgan fingerprint density at radius 3 is 2.64 bits per heavy atom. The summed E-state index contributed by atoms with van der Waals surface area (Å²) in [6, 6.07) is 17.8. The zero-order valence-corrected chi connectivity index (χ0v) is 14.6. The maximum atomic E-state index is 9.01. The molecule has 0 bridgehead atoms. The van der Waals surface area contributed by atoms with Crippen molar-refractivity contribution >= 4 is 0 Å². The molecule has 126 valence electrons. The van der Waals surface area contributed by atoms with E-state index >= 15 is 0 Å². The molecule has 25 heavy (non-hydrogen) atoms. The Hall–Kier alpha value is -2.97. The average molecular weight is 332 g/mol. The van der Waals surface area contributed by atoms with Crippen molar-refractivity contribution in [2.24, 2.45) is 0 Å². The Labute approximate surface area is 147 Å². The summed E-state index contributed by atoms with van der Waals surface area (Å²) in [5.41, 5.74) is 3.85. The van der Waals surface area contributed by atoms with Crippen LogP contribution in [-0.4, -0.2) is 22.1 Å². The van der Waals surface area contributed by atoms with Gasteiger partial charge in [0.15, 0.2) is 0 Å². The number of aromatic nitrogens is 2. The van der Waals surface area contributed by atoms with Gasteiger partial charge < -0.3 is 4.42 Å². The lowest BCUT2D eigenvalue weighted by atomic mass is 10.1. The minimum atomic E-state index is -0.0301. The van der Waals surface area contributed by atoms with E-state index in [1.807, 2.05) is 63.4 Å². The van der Waals surface area contributed by atoms with Crippen molar-refractivity contribution in [1.29, 1.82) is 5.26 Å². The van der Waals surface area contributed by atoms with Crippen molar-refractivity contribution in [2.45, 2.75) is 26.4 Å². The minimum absolute atomic E-state index is 0.0301. The van der Waals surface area contributed by atoms with E-state index in [1.54, 1.807) is 6.07 Å². The molecule has 0 spiro atoms. The van der Waals surface area contributed by atoms with Crippen LogP contribution in [0.5, 0.6) is 0 Å². The number of aryl methyl sites for hydroxylation is 1. The van der Waals surface area contributed by atoms with Crippen LogP contribution in [0.4, 0.5) is 0 Å². The molecule has 0 aliphatic heterocycles. The number of rotatable bonds is 5. The second-order valence-corrected chi connectivity index (χ2v) is 6.21. The molecule has 5 heteroatoms. The lowest BCUT2D eigenvalue weighted by Gasteiger charge is -2.21. The predicted molar refractivity (Wildman–Crippen MR) is 95.5 cm³/mol. The first-order chi connectivity index (χ1) is 12.1. The van der Waals surface area contributed by atoms with Gasteiger partial charge in [-0.1, -0.05) is 29.8 Å². The van der Waals surface area contributed by atoms with Gasteiger partial charge in [0.05, 0.1) is 17.7 Å². The normalized spacial score (nSPS) is 12.1. The third kappa shape index (κ3) is 3.93. The number of hydrogen-bond acceptors (Lipinski definition) is 5. The smallest absolute Gasteiger partial charge is 0.247 e. The zero-order chi connectivity index (χ0) is 17.8. The Balaban J connectivity index is 1.73. The summed E-state index contributed by atoms with van der Waals surface area (Å²) in [6.07, 6.45) is 0. The summed E-state index contributed by atoms with van der Waals surface area (Å²) in [5.74, 6) is 1.11. The highest BCUT2D eigenvalue weighted by Crippen LogP contribution is 2.24. The highest BCUT2D eigenvalue weighted by atomic mass is 16.4. The van der Waals surface area contributed by atoms with Crippen LogP contribution in [0.1, 0.15) is 35.5 Å². The number of nitriles is 1. The van der Waals surface area contributed by atoms with E-state index in [4.69, 9.17) is 9.68 Å². The zero-order valence-electron chi connectivity index (χ0n) is 14.6. The summed E-state index contributed by atoms with van der Waals surface area (Å²) in [7, 11) is 2.00. The van der Waals surface area contributed by atoms with E-state index in [9.17, 15) is 0 Å². The van der Waals surface area contributed by atoms with Crippen LogP contribution in [0.25, 0.3) is 11.5 Å². The summed E-state index contributed by atoms with van der Waals surface area (Å²) < 4.78 is 5.86.